The van der Waals surface area contributed by atoms with Gasteiger partial charge in [-0.15, -0.1) is 0 Å². The van der Waals surface area contributed by atoms with Crippen molar-refractivity contribution in [3.8, 4) is 5.75 Å². The molecule has 1 aromatic carbocycles. The molecule has 0 fully saturated rings. The number of hydrogen-bond donors (Lipinski definition) is 0. The first-order chi connectivity index (χ1) is 9.10. The minimum absolute atomic E-state index is 0.0939. The summed E-state index contributed by atoms with van der Waals surface area (Å²) in [5.41, 5.74) is 1.24. The molecule has 0 N–H and O–H groups in total. The zero-order valence-corrected chi connectivity index (χ0v) is 12.0. The van der Waals surface area contributed by atoms with E-state index in [1.165, 1.54) is 18.0 Å². The zero-order valence-electron chi connectivity index (χ0n) is 10.4. The maximum Gasteiger partial charge on any atom is 0.348 e. The van der Waals surface area contributed by atoms with Crippen LogP contribution in [0.25, 0.3) is 0 Å². The average Bonchev–Trinajstić information content (AvgIpc) is 2.41. The number of hydrogen-bond acceptors (Lipinski definition) is 5. The number of carbonyl (C=O) groups excluding carboxylic acids is 1. The number of aromatic nitrogens is 2. The van der Waals surface area contributed by atoms with Gasteiger partial charge in [0, 0.05) is 6.20 Å². The molecular weight excluding hydrogens is 284 g/mol. The van der Waals surface area contributed by atoms with Crippen LogP contribution in [-0.4, -0.2) is 22.2 Å². The van der Waals surface area contributed by atoms with E-state index in [0.29, 0.717) is 10.9 Å². The van der Waals surface area contributed by atoms with Gasteiger partial charge in [0.15, 0.2) is 5.16 Å². The second-order valence-corrected chi connectivity index (χ2v) is 4.90. The van der Waals surface area contributed by atoms with Crippen molar-refractivity contribution in [3.63, 3.8) is 0 Å². The molecule has 98 valence electrons. The third-order valence-corrected chi connectivity index (χ3v) is 3.20. The number of carbonyl (C=O) groups is 1. The number of rotatable bonds is 3. The smallest absolute Gasteiger partial charge is 0.348 e. The molecule has 0 atom stereocenters. The van der Waals surface area contributed by atoms with Crippen molar-refractivity contribution >= 4 is 29.3 Å². The molecule has 4 nitrogen and oxygen atoms in total. The van der Waals surface area contributed by atoms with Crippen molar-refractivity contribution in [3.05, 3.63) is 46.7 Å². The van der Waals surface area contributed by atoms with Crippen LogP contribution < -0.4 is 4.74 Å². The van der Waals surface area contributed by atoms with E-state index in [4.69, 9.17) is 16.3 Å². The van der Waals surface area contributed by atoms with Gasteiger partial charge in [-0.05, 0) is 25.3 Å². The molecule has 2 rings (SSSR count). The number of esters is 1. The second kappa shape index (κ2) is 6.04. The Hall–Kier alpha value is -1.59. The fourth-order valence-corrected chi connectivity index (χ4v) is 1.95. The predicted octanol–water partition coefficient (Wildman–Crippen LogP) is 3.38. The van der Waals surface area contributed by atoms with E-state index in [2.05, 4.69) is 9.97 Å². The maximum atomic E-state index is 11.9. The highest BCUT2D eigenvalue weighted by Crippen LogP contribution is 2.19. The molecule has 19 heavy (non-hydrogen) atoms. The lowest BCUT2D eigenvalue weighted by Crippen LogP contribution is -2.10. The van der Waals surface area contributed by atoms with E-state index in [-0.39, 0.29) is 10.7 Å². The summed E-state index contributed by atoms with van der Waals surface area (Å²) in [6.07, 6.45) is 3.20. The van der Waals surface area contributed by atoms with E-state index >= 15 is 0 Å². The largest absolute Gasteiger partial charge is 0.423 e. The van der Waals surface area contributed by atoms with E-state index in [1.807, 2.05) is 25.3 Å². The molecule has 0 amide bonds. The quantitative estimate of drug-likeness (QED) is 0.286. The molecule has 0 aliphatic rings. The second-order valence-electron chi connectivity index (χ2n) is 3.76. The van der Waals surface area contributed by atoms with Gasteiger partial charge in [0.1, 0.15) is 16.5 Å². The number of nitrogens with zero attached hydrogens (tertiary/aromatic N) is 2. The Balaban J connectivity index is 2.18. The van der Waals surface area contributed by atoms with Crippen LogP contribution in [0.2, 0.25) is 5.15 Å². The lowest BCUT2D eigenvalue weighted by atomic mass is 10.2. The van der Waals surface area contributed by atoms with Crippen LogP contribution in [0.15, 0.2) is 35.6 Å². The van der Waals surface area contributed by atoms with E-state index in [1.54, 1.807) is 12.1 Å². The van der Waals surface area contributed by atoms with Gasteiger partial charge >= 0.3 is 5.97 Å². The Kier molecular flexibility index (Phi) is 4.39. The number of ether oxygens (including phenoxy) is 1. The topological polar surface area (TPSA) is 52.1 Å². The van der Waals surface area contributed by atoms with E-state index in [9.17, 15) is 4.79 Å². The lowest BCUT2D eigenvalue weighted by Gasteiger charge is -2.06. The summed E-state index contributed by atoms with van der Waals surface area (Å²) in [4.78, 5) is 19.9. The van der Waals surface area contributed by atoms with Gasteiger partial charge in [-0.25, -0.2) is 14.8 Å². The van der Waals surface area contributed by atoms with Crippen LogP contribution in [0, 0.1) is 6.92 Å². The molecule has 0 saturated carbocycles. The Bertz CT molecular complexity index is 602. The van der Waals surface area contributed by atoms with Crippen molar-refractivity contribution in [1.82, 2.24) is 9.97 Å². The summed E-state index contributed by atoms with van der Waals surface area (Å²) >= 11 is 7.28. The summed E-state index contributed by atoms with van der Waals surface area (Å²) in [6, 6.07) is 7.16. The fourth-order valence-electron chi connectivity index (χ4n) is 1.35. The minimum atomic E-state index is -0.568. The summed E-state index contributed by atoms with van der Waals surface area (Å²) in [5, 5.41) is 0.605. The highest BCUT2D eigenvalue weighted by Gasteiger charge is 2.15. The molecular formula is C13H11ClN2O2S. The molecule has 0 saturated heterocycles. The minimum Gasteiger partial charge on any atom is -0.423 e. The van der Waals surface area contributed by atoms with Gasteiger partial charge in [0.05, 0.1) is 0 Å². The standard InChI is InChI=1S/C13H11ClN2O2S/c1-8-3-5-9(6-4-8)18-12(17)10-7-15-13(19-2)16-11(10)14/h3-7H,1-2H3. The molecule has 0 radical (unpaired) electrons. The summed E-state index contributed by atoms with van der Waals surface area (Å²) in [5.74, 6) is -0.109. The van der Waals surface area contributed by atoms with Crippen LogP contribution in [-0.2, 0) is 0 Å². The van der Waals surface area contributed by atoms with Crippen LogP contribution in [0.3, 0.4) is 0 Å². The third kappa shape index (κ3) is 3.45. The lowest BCUT2D eigenvalue weighted by molar-refractivity contribution is 0.0734. The Morgan fingerprint density at radius 1 is 1.32 bits per heavy atom. The van der Waals surface area contributed by atoms with Gasteiger partial charge in [-0.2, -0.15) is 0 Å². The summed E-state index contributed by atoms with van der Waals surface area (Å²) in [7, 11) is 0. The maximum absolute atomic E-state index is 11.9. The summed E-state index contributed by atoms with van der Waals surface area (Å²) < 4.78 is 5.20. The molecule has 0 aliphatic heterocycles. The van der Waals surface area contributed by atoms with E-state index in [0.717, 1.165) is 5.56 Å². The Labute approximate surface area is 120 Å². The number of halogens is 1. The fraction of sp³-hybridized carbons (Fsp3) is 0.154. The number of thioether (sulfide) groups is 1. The van der Waals surface area contributed by atoms with Crippen molar-refractivity contribution in [2.75, 3.05) is 6.26 Å². The number of aryl methyl sites for hydroxylation is 1. The molecule has 2 aromatic rings. The molecule has 1 heterocycles. The first-order valence-corrected chi connectivity index (χ1v) is 7.06. The molecule has 0 unspecified atom stereocenters. The molecule has 1 aromatic heterocycles. The first kappa shape index (κ1) is 13.8. The highest BCUT2D eigenvalue weighted by atomic mass is 35.5. The van der Waals surface area contributed by atoms with Gasteiger partial charge < -0.3 is 4.74 Å². The van der Waals surface area contributed by atoms with Gasteiger partial charge in [0.25, 0.3) is 0 Å². The zero-order chi connectivity index (χ0) is 13.8. The third-order valence-electron chi connectivity index (χ3n) is 2.35. The van der Waals surface area contributed by atoms with E-state index < -0.39 is 5.97 Å². The predicted molar refractivity (Wildman–Crippen MR) is 75.0 cm³/mol. The highest BCUT2D eigenvalue weighted by molar-refractivity contribution is 7.98. The van der Waals surface area contributed by atoms with Crippen molar-refractivity contribution < 1.29 is 9.53 Å². The van der Waals surface area contributed by atoms with Crippen molar-refractivity contribution in [2.24, 2.45) is 0 Å². The average molecular weight is 295 g/mol. The Morgan fingerprint density at radius 3 is 2.58 bits per heavy atom. The van der Waals surface area contributed by atoms with Crippen LogP contribution >= 0.6 is 23.4 Å². The Morgan fingerprint density at radius 2 is 2.00 bits per heavy atom. The van der Waals surface area contributed by atoms with Crippen molar-refractivity contribution in [1.29, 1.82) is 0 Å². The molecule has 0 spiro atoms. The van der Waals surface area contributed by atoms with Crippen LogP contribution in [0.5, 0.6) is 5.75 Å². The molecule has 0 aliphatic carbocycles. The monoisotopic (exact) mass is 294 g/mol. The van der Waals surface area contributed by atoms with Crippen LogP contribution in [0.4, 0.5) is 0 Å². The molecule has 0 bridgehead atoms. The van der Waals surface area contributed by atoms with Gasteiger partial charge in [-0.1, -0.05) is 41.1 Å². The summed E-state index contributed by atoms with van der Waals surface area (Å²) in [6.45, 7) is 1.96. The first-order valence-electron chi connectivity index (χ1n) is 5.45. The molecule has 6 heteroatoms. The SMILES string of the molecule is CSc1ncc(C(=O)Oc2ccc(C)cc2)c(Cl)n1. The normalized spacial score (nSPS) is 10.3. The van der Waals surface area contributed by atoms with Crippen LogP contribution in [0.1, 0.15) is 15.9 Å². The number of benzene rings is 1. The van der Waals surface area contributed by atoms with Gasteiger partial charge in [-0.3, -0.25) is 0 Å². The van der Waals surface area contributed by atoms with Crippen molar-refractivity contribution in [2.45, 2.75) is 12.1 Å². The van der Waals surface area contributed by atoms with Gasteiger partial charge in [0.2, 0.25) is 0 Å².